The van der Waals surface area contributed by atoms with Crippen LogP contribution in [0.3, 0.4) is 0 Å². The molecular weight excluding hydrogens is 370 g/mol. The molecule has 3 amide bonds. The highest BCUT2D eigenvalue weighted by Gasteiger charge is 2.74. The van der Waals surface area contributed by atoms with Gasteiger partial charge >= 0.3 is 0 Å². The van der Waals surface area contributed by atoms with Gasteiger partial charge in [-0.05, 0) is 18.2 Å². The lowest BCUT2D eigenvalue weighted by molar-refractivity contribution is -0.738. The van der Waals surface area contributed by atoms with Crippen molar-refractivity contribution in [3.05, 3.63) is 28.8 Å². The van der Waals surface area contributed by atoms with Gasteiger partial charge in [0.25, 0.3) is 5.91 Å². The largest absolute Gasteiger partial charge is 0.383 e. The number of imide groups is 1. The Balaban J connectivity index is 1.86. The van der Waals surface area contributed by atoms with Crippen LogP contribution in [0.1, 0.15) is 19.4 Å². The minimum Gasteiger partial charge on any atom is -0.383 e. The number of ether oxygens (including phenoxy) is 1. The predicted molar refractivity (Wildman–Crippen MR) is 97.9 cm³/mol. The fraction of sp³-hybridized carbons (Fsp3) is 0.526. The summed E-state index contributed by atoms with van der Waals surface area (Å²) in [6.07, 6.45) is 0. The quantitative estimate of drug-likeness (QED) is 0.722. The van der Waals surface area contributed by atoms with Gasteiger partial charge in [-0.2, -0.15) is 0 Å². The van der Waals surface area contributed by atoms with E-state index in [9.17, 15) is 14.4 Å². The van der Waals surface area contributed by atoms with Gasteiger partial charge in [-0.1, -0.05) is 25.4 Å². The van der Waals surface area contributed by atoms with Gasteiger partial charge in [-0.3, -0.25) is 19.3 Å². The first kappa shape index (κ1) is 18.4. The first-order chi connectivity index (χ1) is 12.8. The normalized spacial score (nSPS) is 31.8. The van der Waals surface area contributed by atoms with Crippen molar-refractivity contribution in [1.29, 1.82) is 0 Å². The third-order valence-corrected chi connectivity index (χ3v) is 6.38. The van der Waals surface area contributed by atoms with Gasteiger partial charge < -0.3 is 15.4 Å². The summed E-state index contributed by atoms with van der Waals surface area (Å²) in [7, 11) is 1.53. The second-order valence-electron chi connectivity index (χ2n) is 7.83. The molecule has 4 atom stereocenters. The zero-order valence-electron chi connectivity index (χ0n) is 15.5. The maximum absolute atomic E-state index is 13.3. The molecule has 3 aliphatic rings. The molecule has 3 N–H and O–H groups in total. The number of nitrogens with zero attached hydrogens (tertiary/aromatic N) is 1. The fourth-order valence-electron chi connectivity index (χ4n) is 4.93. The summed E-state index contributed by atoms with van der Waals surface area (Å²) in [6.45, 7) is 4.50. The first-order valence-electron chi connectivity index (χ1n) is 9.14. The number of carbonyl (C=O) groups is 3. The highest BCUT2D eigenvalue weighted by Crippen LogP contribution is 2.50. The topological polar surface area (TPSA) is 92.3 Å². The lowest BCUT2D eigenvalue weighted by Gasteiger charge is -2.27. The Hall–Kier alpha value is -1.96. The smallest absolute Gasteiger partial charge is 0.291 e. The molecule has 0 unspecified atom stereocenters. The summed E-state index contributed by atoms with van der Waals surface area (Å²) >= 11 is 6.21. The summed E-state index contributed by atoms with van der Waals surface area (Å²) in [5.74, 6) is -1.93. The van der Waals surface area contributed by atoms with Crippen LogP contribution >= 0.6 is 11.6 Å². The number of methoxy groups -OCH3 is 1. The maximum atomic E-state index is 13.3. The number of nitrogens with one attached hydrogen (secondary N) is 1. The molecule has 27 heavy (non-hydrogen) atoms. The van der Waals surface area contributed by atoms with Crippen LogP contribution in [-0.4, -0.2) is 48.9 Å². The molecule has 7 nitrogen and oxygen atoms in total. The molecule has 2 saturated heterocycles. The molecule has 3 heterocycles. The monoisotopic (exact) mass is 392 g/mol. The zero-order valence-corrected chi connectivity index (χ0v) is 16.2. The van der Waals surface area contributed by atoms with Gasteiger partial charge in [0.05, 0.1) is 18.8 Å². The third kappa shape index (κ3) is 2.38. The number of nitrogens with two attached hydrogens (primary N) is 1. The Kier molecular flexibility index (Phi) is 4.29. The number of carbonyl (C=O) groups excluding carboxylic acids is 3. The highest BCUT2D eigenvalue weighted by atomic mass is 35.5. The number of fused-ring (bicyclic) bond motifs is 4. The van der Waals surface area contributed by atoms with Crippen LogP contribution in [0.15, 0.2) is 18.2 Å². The number of hydrogen-bond donors (Lipinski definition) is 2. The Morgan fingerprint density at radius 3 is 2.70 bits per heavy atom. The standard InChI is InChI=1S/C19H22ClN3O4/c1-9(2)15-13-14(17(25)23(16(13)24)6-7-27-3)19(22-15)11-8-10(20)4-5-12(11)21-18(19)26/h4-5,8-9,13-15,22H,6-7H2,1-3H3,(H,21,26)/p+1/t13-,14-,15-,19+/m0/s1. The zero-order chi connectivity index (χ0) is 19.5. The van der Waals surface area contributed by atoms with E-state index in [0.717, 1.165) is 0 Å². The molecule has 1 spiro atoms. The Bertz CT molecular complexity index is 842. The van der Waals surface area contributed by atoms with Crippen molar-refractivity contribution in [2.45, 2.75) is 25.4 Å². The van der Waals surface area contributed by atoms with E-state index in [4.69, 9.17) is 16.3 Å². The SMILES string of the molecule is COCCN1C(=O)[C@H]2[C@@H](C1=O)[C@@]1([NH2+][C@H]2C(C)C)C(=O)Nc2ccc(Cl)cc21. The molecule has 3 aliphatic heterocycles. The van der Waals surface area contributed by atoms with Gasteiger partial charge in [-0.25, -0.2) is 0 Å². The lowest BCUT2D eigenvalue weighted by Crippen LogP contribution is -2.99. The third-order valence-electron chi connectivity index (χ3n) is 6.14. The average Bonchev–Trinajstić information content (AvgIpc) is 3.20. The summed E-state index contributed by atoms with van der Waals surface area (Å²) in [5, 5.41) is 5.31. The predicted octanol–water partition coefficient (Wildman–Crippen LogP) is 0.337. The molecule has 8 heteroatoms. The number of benzene rings is 1. The van der Waals surface area contributed by atoms with Crippen molar-refractivity contribution < 1.29 is 24.4 Å². The van der Waals surface area contributed by atoms with Crippen LogP contribution < -0.4 is 10.6 Å². The summed E-state index contributed by atoms with van der Waals surface area (Å²) in [6, 6.07) is 5.02. The van der Waals surface area contributed by atoms with Crippen molar-refractivity contribution in [3.8, 4) is 0 Å². The van der Waals surface area contributed by atoms with E-state index in [1.165, 1.54) is 12.0 Å². The number of rotatable bonds is 4. The summed E-state index contributed by atoms with van der Waals surface area (Å²) < 4.78 is 5.06. The minimum absolute atomic E-state index is 0.118. The van der Waals surface area contributed by atoms with Crippen molar-refractivity contribution in [2.75, 3.05) is 25.6 Å². The molecule has 2 fully saturated rings. The number of amides is 3. The Morgan fingerprint density at radius 1 is 1.30 bits per heavy atom. The highest BCUT2D eigenvalue weighted by molar-refractivity contribution is 6.31. The fourth-order valence-corrected chi connectivity index (χ4v) is 5.10. The molecule has 0 bridgehead atoms. The van der Waals surface area contributed by atoms with Gasteiger partial charge in [0, 0.05) is 23.6 Å². The summed E-state index contributed by atoms with van der Waals surface area (Å²) in [4.78, 5) is 40.8. The van der Waals surface area contributed by atoms with Crippen LogP contribution in [0.2, 0.25) is 5.02 Å². The molecule has 0 aliphatic carbocycles. The number of likely N-dealkylation sites (tertiary alicyclic amines) is 1. The van der Waals surface area contributed by atoms with Crippen molar-refractivity contribution in [1.82, 2.24) is 4.90 Å². The first-order valence-corrected chi connectivity index (χ1v) is 9.52. The van der Waals surface area contributed by atoms with E-state index < -0.39 is 17.4 Å². The van der Waals surface area contributed by atoms with Crippen LogP contribution in [0, 0.1) is 17.8 Å². The van der Waals surface area contributed by atoms with E-state index in [1.54, 1.807) is 18.2 Å². The molecule has 0 aromatic heterocycles. The van der Waals surface area contributed by atoms with Crippen LogP contribution in [0.25, 0.3) is 0 Å². The molecule has 1 aromatic carbocycles. The number of quaternary nitrogens is 1. The van der Waals surface area contributed by atoms with Crippen LogP contribution in [0.5, 0.6) is 0 Å². The molecule has 144 valence electrons. The van der Waals surface area contributed by atoms with Gasteiger partial charge in [0.1, 0.15) is 17.9 Å². The van der Waals surface area contributed by atoms with Gasteiger partial charge in [0.15, 0.2) is 0 Å². The van der Waals surface area contributed by atoms with E-state index >= 15 is 0 Å². The maximum Gasteiger partial charge on any atom is 0.291 e. The van der Waals surface area contributed by atoms with Crippen molar-refractivity contribution in [2.24, 2.45) is 17.8 Å². The van der Waals surface area contributed by atoms with Crippen LogP contribution in [0.4, 0.5) is 5.69 Å². The Labute approximate surface area is 162 Å². The second-order valence-corrected chi connectivity index (χ2v) is 8.26. The average molecular weight is 393 g/mol. The molecule has 0 radical (unpaired) electrons. The van der Waals surface area contributed by atoms with E-state index in [2.05, 4.69) is 5.32 Å². The second kappa shape index (κ2) is 6.29. The molecule has 0 saturated carbocycles. The number of anilines is 1. The minimum atomic E-state index is -1.16. The van der Waals surface area contributed by atoms with Crippen molar-refractivity contribution >= 4 is 35.0 Å². The number of halogens is 1. The van der Waals surface area contributed by atoms with Crippen LogP contribution in [-0.2, 0) is 24.7 Å². The molecule has 1 aromatic rings. The molecule has 4 rings (SSSR count). The van der Waals surface area contributed by atoms with E-state index in [-0.39, 0.29) is 42.8 Å². The summed E-state index contributed by atoms with van der Waals surface area (Å²) in [5.41, 5.74) is 0.182. The Morgan fingerprint density at radius 2 is 2.04 bits per heavy atom. The number of hydrogen-bond acceptors (Lipinski definition) is 4. The van der Waals surface area contributed by atoms with E-state index in [0.29, 0.717) is 16.3 Å². The molecular formula is C19H23ClN3O4+. The van der Waals surface area contributed by atoms with Crippen molar-refractivity contribution in [3.63, 3.8) is 0 Å². The van der Waals surface area contributed by atoms with Gasteiger partial charge in [0.2, 0.25) is 17.4 Å². The van der Waals surface area contributed by atoms with Gasteiger partial charge in [-0.15, -0.1) is 0 Å². The lowest BCUT2D eigenvalue weighted by atomic mass is 9.76. The van der Waals surface area contributed by atoms with E-state index in [1.807, 2.05) is 19.2 Å².